The molecule has 0 aliphatic carbocycles. The maximum Gasteiger partial charge on any atom is 0.345 e. The highest BCUT2D eigenvalue weighted by Gasteiger charge is 2.28. The molecular formula is C24H28N4O2. The zero-order valence-electron chi connectivity index (χ0n) is 17.4. The van der Waals surface area contributed by atoms with Gasteiger partial charge < -0.3 is 4.90 Å². The summed E-state index contributed by atoms with van der Waals surface area (Å²) in [7, 11) is 1.71. The van der Waals surface area contributed by atoms with Crippen LogP contribution in [0.2, 0.25) is 0 Å². The lowest BCUT2D eigenvalue weighted by atomic mass is 9.95. The summed E-state index contributed by atoms with van der Waals surface area (Å²) >= 11 is 0. The van der Waals surface area contributed by atoms with Crippen LogP contribution < -0.4 is 5.69 Å². The monoisotopic (exact) mass is 404 g/mol. The molecule has 0 saturated carbocycles. The van der Waals surface area contributed by atoms with Crippen molar-refractivity contribution in [3.8, 4) is 0 Å². The van der Waals surface area contributed by atoms with E-state index in [1.54, 1.807) is 7.05 Å². The fourth-order valence-corrected chi connectivity index (χ4v) is 4.19. The predicted octanol–water partition coefficient (Wildman–Crippen LogP) is 2.77. The second kappa shape index (κ2) is 9.11. The van der Waals surface area contributed by atoms with Crippen LogP contribution in [0.5, 0.6) is 0 Å². The van der Waals surface area contributed by atoms with Crippen molar-refractivity contribution in [2.24, 2.45) is 7.05 Å². The number of piperidine rings is 1. The van der Waals surface area contributed by atoms with Crippen LogP contribution >= 0.6 is 0 Å². The van der Waals surface area contributed by atoms with Gasteiger partial charge >= 0.3 is 5.69 Å². The highest BCUT2D eigenvalue weighted by Crippen LogP contribution is 2.26. The van der Waals surface area contributed by atoms with Crippen LogP contribution in [0.3, 0.4) is 0 Å². The Kier molecular flexibility index (Phi) is 6.12. The fourth-order valence-electron chi connectivity index (χ4n) is 4.19. The van der Waals surface area contributed by atoms with E-state index < -0.39 is 0 Å². The number of benzene rings is 2. The van der Waals surface area contributed by atoms with Crippen molar-refractivity contribution in [2.45, 2.75) is 38.1 Å². The molecule has 1 saturated heterocycles. The van der Waals surface area contributed by atoms with Gasteiger partial charge in [-0.05, 0) is 30.4 Å². The van der Waals surface area contributed by atoms with Crippen LogP contribution in [-0.2, 0) is 31.2 Å². The number of hydrogen-bond donors (Lipinski definition) is 0. The molecule has 156 valence electrons. The number of rotatable bonds is 6. The van der Waals surface area contributed by atoms with Crippen molar-refractivity contribution in [3.05, 3.63) is 88.1 Å². The first-order valence-corrected chi connectivity index (χ1v) is 10.6. The predicted molar refractivity (Wildman–Crippen MR) is 116 cm³/mol. The van der Waals surface area contributed by atoms with Crippen LogP contribution in [-0.4, -0.2) is 38.2 Å². The van der Waals surface area contributed by atoms with E-state index in [1.165, 1.54) is 10.2 Å². The van der Waals surface area contributed by atoms with E-state index >= 15 is 0 Å². The summed E-state index contributed by atoms with van der Waals surface area (Å²) < 4.78 is 3.26. The molecule has 30 heavy (non-hydrogen) atoms. The van der Waals surface area contributed by atoms with E-state index in [9.17, 15) is 9.59 Å². The van der Waals surface area contributed by atoms with Gasteiger partial charge in [-0.25, -0.2) is 9.48 Å². The molecule has 0 atom stereocenters. The Morgan fingerprint density at radius 1 is 0.967 bits per heavy atom. The number of amides is 1. The summed E-state index contributed by atoms with van der Waals surface area (Å²) in [6, 6.07) is 20.1. The number of hydrogen-bond acceptors (Lipinski definition) is 3. The third-order valence-corrected chi connectivity index (χ3v) is 5.91. The van der Waals surface area contributed by atoms with Gasteiger partial charge in [0.05, 0.1) is 6.42 Å². The highest BCUT2D eigenvalue weighted by molar-refractivity contribution is 5.78. The molecule has 0 bridgehead atoms. The van der Waals surface area contributed by atoms with Crippen molar-refractivity contribution in [1.82, 2.24) is 19.2 Å². The molecule has 0 unspecified atom stereocenters. The van der Waals surface area contributed by atoms with Crippen LogP contribution in [0.15, 0.2) is 65.5 Å². The molecule has 2 heterocycles. The van der Waals surface area contributed by atoms with Crippen LogP contribution in [0.1, 0.15) is 35.7 Å². The van der Waals surface area contributed by atoms with Crippen molar-refractivity contribution in [1.29, 1.82) is 0 Å². The molecule has 1 aliphatic rings. The molecule has 1 aromatic heterocycles. The third-order valence-electron chi connectivity index (χ3n) is 5.91. The number of carbonyl (C=O) groups is 1. The summed E-state index contributed by atoms with van der Waals surface area (Å²) in [5.74, 6) is 1.23. The van der Waals surface area contributed by atoms with Gasteiger partial charge in [0.2, 0.25) is 5.91 Å². The van der Waals surface area contributed by atoms with Crippen LogP contribution in [0, 0.1) is 0 Å². The van der Waals surface area contributed by atoms with E-state index in [-0.39, 0.29) is 17.5 Å². The third kappa shape index (κ3) is 4.53. The molecule has 1 amide bonds. The average Bonchev–Trinajstić information content (AvgIpc) is 3.07. The van der Waals surface area contributed by atoms with Crippen molar-refractivity contribution in [2.75, 3.05) is 13.1 Å². The summed E-state index contributed by atoms with van der Waals surface area (Å²) in [5.41, 5.74) is 2.19. The first-order valence-electron chi connectivity index (χ1n) is 10.6. The fraction of sp³-hybridized carbons (Fsp3) is 0.375. The summed E-state index contributed by atoms with van der Waals surface area (Å²) in [5, 5.41) is 4.55. The van der Waals surface area contributed by atoms with Gasteiger partial charge in [-0.3, -0.25) is 9.36 Å². The van der Waals surface area contributed by atoms with E-state index in [1.807, 2.05) is 58.0 Å². The normalized spacial score (nSPS) is 14.8. The Morgan fingerprint density at radius 3 is 2.20 bits per heavy atom. The Hall–Kier alpha value is -3.15. The summed E-state index contributed by atoms with van der Waals surface area (Å²) in [6.07, 6.45) is 2.91. The second-order valence-corrected chi connectivity index (χ2v) is 7.97. The SMILES string of the molecule is Cn1nc(C2CCN(C(=O)Cc3ccccc3)CC2)n(CCc2ccccc2)c1=O. The van der Waals surface area contributed by atoms with E-state index in [0.29, 0.717) is 26.1 Å². The smallest absolute Gasteiger partial charge is 0.342 e. The zero-order valence-corrected chi connectivity index (χ0v) is 17.4. The van der Waals surface area contributed by atoms with E-state index in [4.69, 9.17) is 0 Å². The average molecular weight is 405 g/mol. The van der Waals surface area contributed by atoms with Gasteiger partial charge in [0.1, 0.15) is 5.82 Å². The van der Waals surface area contributed by atoms with Crippen LogP contribution in [0.4, 0.5) is 0 Å². The minimum Gasteiger partial charge on any atom is -0.342 e. The maximum atomic E-state index is 12.6. The van der Waals surface area contributed by atoms with E-state index in [2.05, 4.69) is 17.2 Å². The van der Waals surface area contributed by atoms with Gasteiger partial charge in [-0.1, -0.05) is 60.7 Å². The van der Waals surface area contributed by atoms with Crippen molar-refractivity contribution in [3.63, 3.8) is 0 Å². The van der Waals surface area contributed by atoms with Gasteiger partial charge in [0, 0.05) is 32.6 Å². The molecule has 0 N–H and O–H groups in total. The lowest BCUT2D eigenvalue weighted by molar-refractivity contribution is -0.131. The largest absolute Gasteiger partial charge is 0.345 e. The Bertz CT molecular complexity index is 1030. The Labute approximate surface area is 176 Å². The Balaban J connectivity index is 1.40. The molecule has 0 spiro atoms. The molecule has 6 nitrogen and oxygen atoms in total. The standard InChI is InChI=1S/C24H28N4O2/c1-26-24(30)28(17-12-19-8-4-2-5-9-19)23(25-26)21-13-15-27(16-14-21)22(29)18-20-10-6-3-7-11-20/h2-11,21H,12-18H2,1H3. The first kappa shape index (κ1) is 20.1. The van der Waals surface area contributed by atoms with E-state index in [0.717, 1.165) is 30.7 Å². The number of nitrogens with zero attached hydrogens (tertiary/aromatic N) is 4. The lowest BCUT2D eigenvalue weighted by Gasteiger charge is -2.31. The summed E-state index contributed by atoms with van der Waals surface area (Å²) in [6.45, 7) is 2.04. The first-order chi connectivity index (χ1) is 14.6. The molecule has 1 aliphatic heterocycles. The maximum absolute atomic E-state index is 12.6. The van der Waals surface area contributed by atoms with Crippen molar-refractivity contribution >= 4 is 5.91 Å². The van der Waals surface area contributed by atoms with Gasteiger partial charge in [-0.15, -0.1) is 0 Å². The Morgan fingerprint density at radius 2 is 1.57 bits per heavy atom. The van der Waals surface area contributed by atoms with Crippen molar-refractivity contribution < 1.29 is 4.79 Å². The highest BCUT2D eigenvalue weighted by atomic mass is 16.2. The molecule has 0 radical (unpaired) electrons. The quantitative estimate of drug-likeness (QED) is 0.635. The molecule has 6 heteroatoms. The molecule has 2 aromatic carbocycles. The van der Waals surface area contributed by atoms with Crippen LogP contribution in [0.25, 0.3) is 0 Å². The molecular weight excluding hydrogens is 376 g/mol. The number of carbonyl (C=O) groups excluding carboxylic acids is 1. The topological polar surface area (TPSA) is 60.1 Å². The minimum atomic E-state index is -0.0662. The molecule has 1 fully saturated rings. The number of aromatic nitrogens is 3. The molecule has 4 rings (SSSR count). The zero-order chi connectivity index (χ0) is 20.9. The molecule has 3 aromatic rings. The lowest BCUT2D eigenvalue weighted by Crippen LogP contribution is -2.39. The van der Waals surface area contributed by atoms with Gasteiger partial charge in [0.15, 0.2) is 0 Å². The summed E-state index contributed by atoms with van der Waals surface area (Å²) in [4.78, 5) is 27.2. The second-order valence-electron chi connectivity index (χ2n) is 7.97. The number of aryl methyl sites for hydroxylation is 2. The van der Waals surface area contributed by atoms with Gasteiger partial charge in [0.25, 0.3) is 0 Å². The minimum absolute atomic E-state index is 0.0662. The number of likely N-dealkylation sites (tertiary alicyclic amines) is 1. The van der Waals surface area contributed by atoms with Gasteiger partial charge in [-0.2, -0.15) is 5.10 Å².